The molecule has 0 spiro atoms. The fraction of sp³-hybridized carbons (Fsp3) is 0.312. The summed E-state index contributed by atoms with van der Waals surface area (Å²) in [5.74, 6) is 1.36. The molecule has 0 fully saturated rings. The number of ether oxygens (including phenoxy) is 1. The topological polar surface area (TPSA) is 48.1 Å². The van der Waals surface area contributed by atoms with Crippen LogP contribution < -0.4 is 10.5 Å². The number of pyridine rings is 1. The summed E-state index contributed by atoms with van der Waals surface area (Å²) in [4.78, 5) is 4.34. The molecule has 2 unspecified atom stereocenters. The highest BCUT2D eigenvalue weighted by atomic mass is 16.5. The number of nitrogens with zero attached hydrogens (tertiary/aromatic N) is 1. The number of hydrogen-bond acceptors (Lipinski definition) is 3. The average molecular weight is 254 g/mol. The molecule has 3 rings (SSSR count). The van der Waals surface area contributed by atoms with Gasteiger partial charge in [-0.15, -0.1) is 0 Å². The molecular formula is C16H18N2O. The first kappa shape index (κ1) is 12.2. The van der Waals surface area contributed by atoms with E-state index in [1.54, 1.807) is 0 Å². The zero-order valence-electron chi connectivity index (χ0n) is 10.8. The summed E-state index contributed by atoms with van der Waals surface area (Å²) in [6.45, 7) is 0.699. The molecule has 2 aromatic rings. The second-order valence-electron chi connectivity index (χ2n) is 5.07. The lowest BCUT2D eigenvalue weighted by atomic mass is 9.88. The minimum Gasteiger partial charge on any atom is -0.493 e. The van der Waals surface area contributed by atoms with Crippen LogP contribution >= 0.6 is 0 Å². The van der Waals surface area contributed by atoms with Crippen molar-refractivity contribution >= 4 is 0 Å². The van der Waals surface area contributed by atoms with Crippen molar-refractivity contribution in [1.29, 1.82) is 0 Å². The fourth-order valence-corrected chi connectivity index (χ4v) is 2.55. The molecule has 1 aliphatic rings. The largest absolute Gasteiger partial charge is 0.493 e. The van der Waals surface area contributed by atoms with E-state index in [0.29, 0.717) is 12.5 Å². The maximum atomic E-state index is 6.32. The molecule has 3 nitrogen and oxygen atoms in total. The number of aromatic nitrogens is 1. The lowest BCUT2D eigenvalue weighted by Crippen LogP contribution is -2.39. The summed E-state index contributed by atoms with van der Waals surface area (Å²) in [5.41, 5.74) is 8.63. The monoisotopic (exact) mass is 254 g/mol. The van der Waals surface area contributed by atoms with Gasteiger partial charge in [0.2, 0.25) is 0 Å². The van der Waals surface area contributed by atoms with E-state index < -0.39 is 0 Å². The number of benzene rings is 1. The molecule has 1 aromatic heterocycles. The van der Waals surface area contributed by atoms with Crippen molar-refractivity contribution in [2.24, 2.45) is 11.7 Å². The van der Waals surface area contributed by atoms with Crippen LogP contribution in [0.5, 0.6) is 5.75 Å². The van der Waals surface area contributed by atoms with Gasteiger partial charge in [0.25, 0.3) is 0 Å². The molecule has 0 bridgehead atoms. The Hall–Kier alpha value is -1.87. The number of para-hydroxylation sites is 1. The van der Waals surface area contributed by atoms with Crippen molar-refractivity contribution in [1.82, 2.24) is 4.98 Å². The van der Waals surface area contributed by atoms with Crippen molar-refractivity contribution in [2.45, 2.75) is 18.9 Å². The summed E-state index contributed by atoms with van der Waals surface area (Å²) >= 11 is 0. The highest BCUT2D eigenvalue weighted by molar-refractivity contribution is 5.35. The van der Waals surface area contributed by atoms with Gasteiger partial charge in [-0.2, -0.15) is 0 Å². The molecule has 98 valence electrons. The van der Waals surface area contributed by atoms with Crippen LogP contribution in [-0.2, 0) is 12.8 Å². The third-order valence-electron chi connectivity index (χ3n) is 3.68. The standard InChI is InChI=1S/C16H18N2O/c17-15(10-14-6-3-4-8-18-14)13-9-12-5-1-2-7-16(12)19-11-13/h1-8,13,15H,9-11,17H2. The van der Waals surface area contributed by atoms with Gasteiger partial charge < -0.3 is 10.5 Å². The molecule has 3 heteroatoms. The Bertz CT molecular complexity index is 541. The van der Waals surface area contributed by atoms with Crippen LogP contribution in [0.2, 0.25) is 0 Å². The van der Waals surface area contributed by atoms with Gasteiger partial charge in [-0.3, -0.25) is 4.98 Å². The third kappa shape index (κ3) is 2.76. The minimum atomic E-state index is 0.0863. The van der Waals surface area contributed by atoms with E-state index in [2.05, 4.69) is 17.1 Å². The van der Waals surface area contributed by atoms with Gasteiger partial charge >= 0.3 is 0 Å². The molecule has 0 amide bonds. The van der Waals surface area contributed by atoms with Gasteiger partial charge in [0, 0.05) is 30.3 Å². The first-order valence-corrected chi connectivity index (χ1v) is 6.69. The van der Waals surface area contributed by atoms with Crippen LogP contribution in [0.4, 0.5) is 0 Å². The Morgan fingerprint density at radius 1 is 1.21 bits per heavy atom. The Balaban J connectivity index is 1.68. The van der Waals surface area contributed by atoms with Crippen molar-refractivity contribution < 1.29 is 4.74 Å². The summed E-state index contributed by atoms with van der Waals surface area (Å²) in [5, 5.41) is 0. The summed E-state index contributed by atoms with van der Waals surface area (Å²) in [6.07, 6.45) is 3.61. The van der Waals surface area contributed by atoms with Gasteiger partial charge in [0.05, 0.1) is 6.61 Å². The smallest absolute Gasteiger partial charge is 0.122 e. The summed E-state index contributed by atoms with van der Waals surface area (Å²) in [7, 11) is 0. The zero-order chi connectivity index (χ0) is 13.1. The van der Waals surface area contributed by atoms with Gasteiger partial charge in [0.15, 0.2) is 0 Å². The van der Waals surface area contributed by atoms with E-state index in [9.17, 15) is 0 Å². The second-order valence-corrected chi connectivity index (χ2v) is 5.07. The second kappa shape index (κ2) is 5.41. The van der Waals surface area contributed by atoms with Crippen molar-refractivity contribution in [2.75, 3.05) is 6.61 Å². The van der Waals surface area contributed by atoms with Crippen LogP contribution in [0.25, 0.3) is 0 Å². The minimum absolute atomic E-state index is 0.0863. The van der Waals surface area contributed by atoms with Gasteiger partial charge in [-0.1, -0.05) is 24.3 Å². The molecule has 2 N–H and O–H groups in total. The predicted octanol–water partition coefficient (Wildman–Crippen LogP) is 2.20. The Morgan fingerprint density at radius 2 is 2.05 bits per heavy atom. The van der Waals surface area contributed by atoms with E-state index in [1.165, 1.54) is 5.56 Å². The van der Waals surface area contributed by atoms with Gasteiger partial charge in [0.1, 0.15) is 5.75 Å². The first-order valence-electron chi connectivity index (χ1n) is 6.69. The molecule has 1 aromatic carbocycles. The maximum Gasteiger partial charge on any atom is 0.122 e. The van der Waals surface area contributed by atoms with Crippen molar-refractivity contribution in [3.05, 3.63) is 59.9 Å². The van der Waals surface area contributed by atoms with Crippen LogP contribution in [0.1, 0.15) is 11.3 Å². The highest BCUT2D eigenvalue weighted by Gasteiger charge is 2.25. The molecule has 0 saturated carbocycles. The lowest BCUT2D eigenvalue weighted by molar-refractivity contribution is 0.198. The number of fused-ring (bicyclic) bond motifs is 1. The Kier molecular flexibility index (Phi) is 3.47. The zero-order valence-corrected chi connectivity index (χ0v) is 10.8. The van der Waals surface area contributed by atoms with E-state index in [4.69, 9.17) is 10.5 Å². The van der Waals surface area contributed by atoms with E-state index in [0.717, 1.165) is 24.3 Å². The van der Waals surface area contributed by atoms with Gasteiger partial charge in [-0.25, -0.2) is 0 Å². The highest BCUT2D eigenvalue weighted by Crippen LogP contribution is 2.28. The van der Waals surface area contributed by atoms with Crippen LogP contribution in [0.15, 0.2) is 48.7 Å². The normalized spacial score (nSPS) is 19.3. The van der Waals surface area contributed by atoms with Crippen LogP contribution in [-0.4, -0.2) is 17.6 Å². The van der Waals surface area contributed by atoms with E-state index in [1.807, 2.05) is 36.5 Å². The number of rotatable bonds is 3. The SMILES string of the molecule is NC(Cc1ccccn1)C1COc2ccccc2C1. The van der Waals surface area contributed by atoms with Crippen LogP contribution in [0.3, 0.4) is 0 Å². The molecule has 0 saturated heterocycles. The summed E-state index contributed by atoms with van der Waals surface area (Å²) < 4.78 is 5.79. The molecule has 2 heterocycles. The predicted molar refractivity (Wildman–Crippen MR) is 75.0 cm³/mol. The Morgan fingerprint density at radius 3 is 2.89 bits per heavy atom. The van der Waals surface area contributed by atoms with Crippen LogP contribution in [0, 0.1) is 5.92 Å². The number of hydrogen-bond donors (Lipinski definition) is 1. The number of nitrogens with two attached hydrogens (primary N) is 1. The maximum absolute atomic E-state index is 6.32. The molecule has 1 aliphatic heterocycles. The molecule has 19 heavy (non-hydrogen) atoms. The average Bonchev–Trinajstić information content (AvgIpc) is 2.48. The lowest BCUT2D eigenvalue weighted by Gasteiger charge is -2.29. The quantitative estimate of drug-likeness (QED) is 0.913. The summed E-state index contributed by atoms with van der Waals surface area (Å²) in [6, 6.07) is 14.2. The van der Waals surface area contributed by atoms with Crippen molar-refractivity contribution in [3.63, 3.8) is 0 Å². The molecular weight excluding hydrogens is 236 g/mol. The first-order chi connectivity index (χ1) is 9.33. The van der Waals surface area contributed by atoms with E-state index >= 15 is 0 Å². The molecule has 0 aliphatic carbocycles. The van der Waals surface area contributed by atoms with Gasteiger partial charge in [-0.05, 0) is 30.2 Å². The fourth-order valence-electron chi connectivity index (χ4n) is 2.55. The third-order valence-corrected chi connectivity index (χ3v) is 3.68. The van der Waals surface area contributed by atoms with Crippen molar-refractivity contribution in [3.8, 4) is 5.75 Å². The molecule has 2 atom stereocenters. The Labute approximate surface area is 113 Å². The van der Waals surface area contributed by atoms with E-state index in [-0.39, 0.29) is 6.04 Å². The molecule has 0 radical (unpaired) electrons.